The van der Waals surface area contributed by atoms with Crippen LogP contribution in [0, 0.1) is 19.7 Å². The van der Waals surface area contributed by atoms with E-state index in [0.29, 0.717) is 17.3 Å². The highest BCUT2D eigenvalue weighted by Gasteiger charge is 2.15. The minimum absolute atomic E-state index is 0.310. The zero-order valence-corrected chi connectivity index (χ0v) is 10.5. The lowest BCUT2D eigenvalue weighted by atomic mass is 10.2. The predicted molar refractivity (Wildman–Crippen MR) is 67.8 cm³/mol. The molecule has 0 spiro atoms. The van der Waals surface area contributed by atoms with Crippen molar-refractivity contribution in [2.75, 3.05) is 0 Å². The Kier molecular flexibility index (Phi) is 2.67. The highest BCUT2D eigenvalue weighted by Crippen LogP contribution is 2.32. The molecular weight excluding hydrogens is 247 g/mol. The minimum Gasteiger partial charge on any atom is -0.443 e. The van der Waals surface area contributed by atoms with Crippen molar-refractivity contribution < 1.29 is 13.5 Å². The van der Waals surface area contributed by atoms with Gasteiger partial charge in [0, 0.05) is 5.56 Å². The number of benzene rings is 1. The van der Waals surface area contributed by atoms with Crippen LogP contribution in [-0.4, -0.2) is 9.97 Å². The molecule has 0 saturated heterocycles. The summed E-state index contributed by atoms with van der Waals surface area (Å²) in [5.74, 6) is 1.39. The van der Waals surface area contributed by atoms with E-state index in [1.165, 1.54) is 18.5 Å². The normalized spacial score (nSPS) is 10.9. The number of hydrogen-bond acceptors (Lipinski definition) is 4. The third-order valence-electron chi connectivity index (χ3n) is 2.96. The van der Waals surface area contributed by atoms with E-state index in [1.54, 1.807) is 12.1 Å². The molecule has 2 aromatic heterocycles. The van der Waals surface area contributed by atoms with E-state index < -0.39 is 0 Å². The fraction of sp³-hybridized carbons (Fsp3) is 0.143. The second kappa shape index (κ2) is 4.35. The molecule has 0 fully saturated rings. The molecule has 0 radical (unpaired) electrons. The van der Waals surface area contributed by atoms with Gasteiger partial charge in [-0.3, -0.25) is 0 Å². The van der Waals surface area contributed by atoms with Gasteiger partial charge in [0.1, 0.15) is 29.0 Å². The maximum absolute atomic E-state index is 12.8. The van der Waals surface area contributed by atoms with Crippen LogP contribution in [-0.2, 0) is 0 Å². The molecular formula is C14H11FN2O2. The van der Waals surface area contributed by atoms with E-state index >= 15 is 0 Å². The molecule has 1 aromatic carbocycles. The summed E-state index contributed by atoms with van der Waals surface area (Å²) in [7, 11) is 0. The van der Waals surface area contributed by atoms with Gasteiger partial charge in [-0.05, 0) is 38.1 Å². The maximum atomic E-state index is 12.8. The van der Waals surface area contributed by atoms with E-state index in [9.17, 15) is 4.39 Å². The molecule has 0 aliphatic carbocycles. The van der Waals surface area contributed by atoms with Gasteiger partial charge in [-0.15, -0.1) is 0 Å². The molecule has 0 bridgehead atoms. The van der Waals surface area contributed by atoms with Crippen molar-refractivity contribution in [3.63, 3.8) is 0 Å². The first-order valence-corrected chi connectivity index (χ1v) is 5.79. The number of halogens is 1. The molecule has 96 valence electrons. The fourth-order valence-electron chi connectivity index (χ4n) is 1.84. The van der Waals surface area contributed by atoms with Crippen molar-refractivity contribution in [1.82, 2.24) is 9.97 Å². The van der Waals surface area contributed by atoms with Gasteiger partial charge >= 0.3 is 0 Å². The van der Waals surface area contributed by atoms with E-state index in [2.05, 4.69) is 9.97 Å². The third kappa shape index (κ3) is 2.03. The molecule has 0 unspecified atom stereocenters. The lowest BCUT2D eigenvalue weighted by Gasteiger charge is -2.05. The zero-order valence-electron chi connectivity index (χ0n) is 10.5. The smallest absolute Gasteiger partial charge is 0.233 e. The summed E-state index contributed by atoms with van der Waals surface area (Å²) >= 11 is 0. The highest BCUT2D eigenvalue weighted by molar-refractivity contribution is 5.83. The van der Waals surface area contributed by atoms with Crippen LogP contribution < -0.4 is 4.74 Å². The Bertz CT molecular complexity index is 735. The molecule has 0 atom stereocenters. The van der Waals surface area contributed by atoms with Crippen molar-refractivity contribution in [2.45, 2.75) is 13.8 Å². The molecule has 2 heterocycles. The third-order valence-corrected chi connectivity index (χ3v) is 2.96. The number of fused-ring (bicyclic) bond motifs is 1. The van der Waals surface area contributed by atoms with Crippen molar-refractivity contribution in [3.05, 3.63) is 47.7 Å². The SMILES string of the molecule is Cc1oc2ncnc(Oc3ccc(F)cc3)c2c1C. The summed E-state index contributed by atoms with van der Waals surface area (Å²) in [5, 5.41) is 0.740. The topological polar surface area (TPSA) is 48.2 Å². The lowest BCUT2D eigenvalue weighted by Crippen LogP contribution is -1.90. The summed E-state index contributed by atoms with van der Waals surface area (Å²) in [4.78, 5) is 8.17. The first kappa shape index (κ1) is 11.6. The molecule has 3 rings (SSSR count). The molecule has 0 amide bonds. The molecule has 0 aliphatic rings. The van der Waals surface area contributed by atoms with E-state index in [-0.39, 0.29) is 5.82 Å². The van der Waals surface area contributed by atoms with Crippen molar-refractivity contribution in [1.29, 1.82) is 0 Å². The van der Waals surface area contributed by atoms with E-state index in [1.807, 2.05) is 13.8 Å². The van der Waals surface area contributed by atoms with E-state index in [4.69, 9.17) is 9.15 Å². The molecule has 4 nitrogen and oxygen atoms in total. The van der Waals surface area contributed by atoms with Gasteiger partial charge in [-0.1, -0.05) is 0 Å². The predicted octanol–water partition coefficient (Wildman–Crippen LogP) is 3.77. The van der Waals surface area contributed by atoms with Crippen LogP contribution in [0.2, 0.25) is 0 Å². The van der Waals surface area contributed by atoms with Crippen LogP contribution in [0.15, 0.2) is 35.0 Å². The summed E-state index contributed by atoms with van der Waals surface area (Å²) in [6.45, 7) is 3.78. The van der Waals surface area contributed by atoms with Gasteiger partial charge in [0.25, 0.3) is 0 Å². The van der Waals surface area contributed by atoms with Gasteiger partial charge in [-0.25, -0.2) is 14.4 Å². The molecule has 3 aromatic rings. The summed E-state index contributed by atoms with van der Waals surface area (Å²) in [6.07, 6.45) is 1.38. The Hall–Kier alpha value is -2.43. The average molecular weight is 258 g/mol. The number of ether oxygens (including phenoxy) is 1. The maximum Gasteiger partial charge on any atom is 0.233 e. The summed E-state index contributed by atoms with van der Waals surface area (Å²) in [5.41, 5.74) is 1.43. The first-order valence-electron chi connectivity index (χ1n) is 5.79. The standard InChI is InChI=1S/C14H11FN2O2/c1-8-9(2)18-13-12(8)14(17-7-16-13)19-11-5-3-10(15)4-6-11/h3-7H,1-2H3. The lowest BCUT2D eigenvalue weighted by molar-refractivity contribution is 0.465. The fourth-order valence-corrected chi connectivity index (χ4v) is 1.84. The van der Waals surface area contributed by atoms with Crippen LogP contribution in [0.5, 0.6) is 11.6 Å². The van der Waals surface area contributed by atoms with E-state index in [0.717, 1.165) is 16.7 Å². The molecule has 5 heteroatoms. The second-order valence-electron chi connectivity index (χ2n) is 4.20. The Labute approximate surface area is 108 Å². The Morgan fingerprint density at radius 2 is 1.84 bits per heavy atom. The largest absolute Gasteiger partial charge is 0.443 e. The van der Waals surface area contributed by atoms with Crippen molar-refractivity contribution in [3.8, 4) is 11.6 Å². The average Bonchev–Trinajstić information content (AvgIpc) is 2.69. The number of aromatic nitrogens is 2. The second-order valence-corrected chi connectivity index (χ2v) is 4.20. The number of furan rings is 1. The monoisotopic (exact) mass is 258 g/mol. The van der Waals surface area contributed by atoms with Crippen LogP contribution in [0.3, 0.4) is 0 Å². The molecule has 0 N–H and O–H groups in total. The zero-order chi connectivity index (χ0) is 13.4. The van der Waals surface area contributed by atoms with Gasteiger partial charge in [-0.2, -0.15) is 0 Å². The number of hydrogen-bond donors (Lipinski definition) is 0. The molecule has 19 heavy (non-hydrogen) atoms. The Morgan fingerprint density at radius 3 is 2.58 bits per heavy atom. The van der Waals surface area contributed by atoms with Gasteiger partial charge in [0.2, 0.25) is 11.6 Å². The molecule has 0 saturated carbocycles. The summed E-state index contributed by atoms with van der Waals surface area (Å²) in [6, 6.07) is 5.76. The van der Waals surface area contributed by atoms with Crippen LogP contribution in [0.25, 0.3) is 11.1 Å². The van der Waals surface area contributed by atoms with Crippen LogP contribution in [0.4, 0.5) is 4.39 Å². The van der Waals surface area contributed by atoms with Gasteiger partial charge in [0.15, 0.2) is 0 Å². The quantitative estimate of drug-likeness (QED) is 0.702. The van der Waals surface area contributed by atoms with Crippen molar-refractivity contribution in [2.24, 2.45) is 0 Å². The Balaban J connectivity index is 2.07. The highest BCUT2D eigenvalue weighted by atomic mass is 19.1. The summed E-state index contributed by atoms with van der Waals surface area (Å²) < 4.78 is 24.0. The van der Waals surface area contributed by atoms with Gasteiger partial charge in [0.05, 0.1) is 0 Å². The van der Waals surface area contributed by atoms with Gasteiger partial charge < -0.3 is 9.15 Å². The van der Waals surface area contributed by atoms with Crippen molar-refractivity contribution >= 4 is 11.1 Å². The number of aryl methyl sites for hydroxylation is 2. The number of rotatable bonds is 2. The number of nitrogens with zero attached hydrogens (tertiary/aromatic N) is 2. The Morgan fingerprint density at radius 1 is 1.11 bits per heavy atom. The van der Waals surface area contributed by atoms with Crippen LogP contribution in [0.1, 0.15) is 11.3 Å². The minimum atomic E-state index is -0.310. The van der Waals surface area contributed by atoms with Crippen LogP contribution >= 0.6 is 0 Å². The molecule has 0 aliphatic heterocycles. The first-order chi connectivity index (χ1) is 9.15.